The van der Waals surface area contributed by atoms with Gasteiger partial charge < -0.3 is 9.13 Å². The molecule has 0 saturated carbocycles. The van der Waals surface area contributed by atoms with Gasteiger partial charge in [-0.05, 0) is 89.5 Å². The lowest BCUT2D eigenvalue weighted by Crippen LogP contribution is -2.09. The molecule has 254 valence electrons. The Balaban J connectivity index is 1.24. The summed E-state index contributed by atoms with van der Waals surface area (Å²) in [4.78, 5) is 0. The van der Waals surface area contributed by atoms with E-state index in [0.717, 1.165) is 66.5 Å². The predicted molar refractivity (Wildman–Crippen MR) is 205 cm³/mol. The average molecular weight is 704 g/mol. The summed E-state index contributed by atoms with van der Waals surface area (Å²) >= 11 is 0. The van der Waals surface area contributed by atoms with Gasteiger partial charge in [-0.1, -0.05) is 72.8 Å². The Morgan fingerprint density at radius 3 is 1.54 bits per heavy atom. The van der Waals surface area contributed by atoms with Crippen LogP contribution in [-0.2, 0) is 6.18 Å². The Hall–Kier alpha value is -7.60. The van der Waals surface area contributed by atoms with Gasteiger partial charge >= 0.3 is 6.18 Å². The Morgan fingerprint density at radius 2 is 0.926 bits per heavy atom. The lowest BCUT2D eigenvalue weighted by Gasteiger charge is -2.18. The molecule has 2 heterocycles. The van der Waals surface area contributed by atoms with E-state index in [1.54, 1.807) is 18.2 Å². The standard InChI is InChI=1S/C46H24F3N5/c47-46(48,49)39-22-29(26-51)13-17-33(39)37-21-28(25-50)14-18-44(37)54-43-12-6-3-9-36(43)38-24-31(16-20-45(38)54)30-15-19-40(32(23-30)27-52)53-41-10-4-1-7-34(41)35-8-2-5-11-42(35)53/h1-24H. The normalized spacial score (nSPS) is 11.6. The molecule has 0 unspecified atom stereocenters. The lowest BCUT2D eigenvalue weighted by atomic mass is 9.94. The highest BCUT2D eigenvalue weighted by Gasteiger charge is 2.35. The van der Waals surface area contributed by atoms with Crippen LogP contribution in [0.25, 0.3) is 77.2 Å². The summed E-state index contributed by atoms with van der Waals surface area (Å²) in [6.07, 6.45) is -4.75. The van der Waals surface area contributed by atoms with Crippen LogP contribution < -0.4 is 0 Å². The first-order valence-electron chi connectivity index (χ1n) is 17.0. The number of fused-ring (bicyclic) bond motifs is 6. The van der Waals surface area contributed by atoms with Crippen molar-refractivity contribution < 1.29 is 13.2 Å². The number of hydrogen-bond donors (Lipinski definition) is 0. The van der Waals surface area contributed by atoms with E-state index in [0.29, 0.717) is 11.3 Å². The van der Waals surface area contributed by atoms with Crippen molar-refractivity contribution in [3.05, 3.63) is 168 Å². The second kappa shape index (κ2) is 12.3. The summed E-state index contributed by atoms with van der Waals surface area (Å²) in [6, 6.07) is 50.2. The number of nitrogens with zero attached hydrogens (tertiary/aromatic N) is 5. The van der Waals surface area contributed by atoms with Crippen molar-refractivity contribution in [2.75, 3.05) is 0 Å². The first-order chi connectivity index (χ1) is 26.3. The molecule has 0 aliphatic carbocycles. The van der Waals surface area contributed by atoms with Gasteiger partial charge in [0.2, 0.25) is 0 Å². The molecule has 0 radical (unpaired) electrons. The van der Waals surface area contributed by atoms with Crippen LogP contribution in [0.1, 0.15) is 22.3 Å². The molecule has 0 saturated heterocycles. The Labute approximate surface area is 306 Å². The molecule has 0 aliphatic rings. The maximum Gasteiger partial charge on any atom is 0.417 e. The number of halogens is 3. The maximum atomic E-state index is 14.5. The third-order valence-corrected chi connectivity index (χ3v) is 10.1. The molecule has 7 aromatic carbocycles. The van der Waals surface area contributed by atoms with E-state index in [-0.39, 0.29) is 22.3 Å². The molecule has 0 bridgehead atoms. The molecular weight excluding hydrogens is 680 g/mol. The van der Waals surface area contributed by atoms with Gasteiger partial charge in [-0.2, -0.15) is 29.0 Å². The van der Waals surface area contributed by atoms with Gasteiger partial charge in [0, 0.05) is 27.1 Å². The zero-order valence-electron chi connectivity index (χ0n) is 28.2. The quantitative estimate of drug-likeness (QED) is 0.183. The zero-order valence-corrected chi connectivity index (χ0v) is 28.2. The van der Waals surface area contributed by atoms with Gasteiger partial charge in [-0.3, -0.25) is 0 Å². The van der Waals surface area contributed by atoms with Gasteiger partial charge in [0.25, 0.3) is 0 Å². The number of benzene rings is 7. The minimum atomic E-state index is -4.75. The Kier molecular flexibility index (Phi) is 7.34. The molecule has 0 N–H and O–H groups in total. The van der Waals surface area contributed by atoms with Crippen LogP contribution in [0, 0.1) is 34.0 Å². The number of nitriles is 3. The SMILES string of the molecule is N#Cc1ccc(-n2c3ccccc3c3cc(-c4ccc(-n5c6ccccc6c6ccccc65)c(C#N)c4)ccc32)c(-c2ccc(C#N)cc2C(F)(F)F)c1. The van der Waals surface area contributed by atoms with Crippen molar-refractivity contribution in [3.63, 3.8) is 0 Å². The van der Waals surface area contributed by atoms with Crippen LogP contribution in [-0.4, -0.2) is 9.13 Å². The highest BCUT2D eigenvalue weighted by atomic mass is 19.4. The van der Waals surface area contributed by atoms with Gasteiger partial charge in [0.15, 0.2) is 0 Å². The molecular formula is C46H24F3N5. The van der Waals surface area contributed by atoms with E-state index < -0.39 is 11.7 Å². The van der Waals surface area contributed by atoms with Crippen LogP contribution in [0.2, 0.25) is 0 Å². The summed E-state index contributed by atoms with van der Waals surface area (Å²) in [5.41, 5.74) is 6.13. The molecule has 54 heavy (non-hydrogen) atoms. The van der Waals surface area contributed by atoms with Crippen molar-refractivity contribution >= 4 is 43.6 Å². The molecule has 5 nitrogen and oxygen atoms in total. The first-order valence-corrected chi connectivity index (χ1v) is 17.0. The molecule has 8 heteroatoms. The van der Waals surface area contributed by atoms with Crippen molar-refractivity contribution in [1.29, 1.82) is 15.8 Å². The van der Waals surface area contributed by atoms with E-state index in [2.05, 4.69) is 41.0 Å². The summed E-state index contributed by atoms with van der Waals surface area (Å²) < 4.78 is 47.6. The predicted octanol–water partition coefficient (Wildman–Crippen LogP) is 11.8. The van der Waals surface area contributed by atoms with Crippen molar-refractivity contribution in [2.45, 2.75) is 6.18 Å². The van der Waals surface area contributed by atoms with Crippen molar-refractivity contribution in [3.8, 4) is 51.8 Å². The molecule has 0 fully saturated rings. The summed E-state index contributed by atoms with van der Waals surface area (Å²) in [5, 5.41) is 33.6. The second-order valence-electron chi connectivity index (χ2n) is 13.0. The summed E-state index contributed by atoms with van der Waals surface area (Å²) in [7, 11) is 0. The van der Waals surface area contributed by atoms with Gasteiger partial charge in [-0.15, -0.1) is 0 Å². The molecule has 0 aliphatic heterocycles. The number of alkyl halides is 3. The van der Waals surface area contributed by atoms with E-state index >= 15 is 0 Å². The third-order valence-electron chi connectivity index (χ3n) is 10.1. The second-order valence-corrected chi connectivity index (χ2v) is 13.0. The average Bonchev–Trinajstić information content (AvgIpc) is 3.72. The van der Waals surface area contributed by atoms with E-state index in [1.807, 2.05) is 89.5 Å². The fourth-order valence-electron chi connectivity index (χ4n) is 7.69. The molecule has 2 aromatic heterocycles. The van der Waals surface area contributed by atoms with Crippen LogP contribution in [0.3, 0.4) is 0 Å². The van der Waals surface area contributed by atoms with Crippen molar-refractivity contribution in [1.82, 2.24) is 9.13 Å². The third kappa shape index (κ3) is 4.99. The highest BCUT2D eigenvalue weighted by Crippen LogP contribution is 2.43. The van der Waals surface area contributed by atoms with Crippen LogP contribution in [0.4, 0.5) is 13.2 Å². The minimum Gasteiger partial charge on any atom is -0.309 e. The Bertz CT molecular complexity index is 3090. The van der Waals surface area contributed by atoms with E-state index in [1.165, 1.54) is 18.2 Å². The van der Waals surface area contributed by atoms with Gasteiger partial charge in [0.05, 0.1) is 67.8 Å². The fraction of sp³-hybridized carbons (Fsp3) is 0.0217. The maximum absolute atomic E-state index is 14.5. The van der Waals surface area contributed by atoms with Gasteiger partial charge in [-0.25, -0.2) is 0 Å². The molecule has 0 spiro atoms. The van der Waals surface area contributed by atoms with Crippen LogP contribution in [0.5, 0.6) is 0 Å². The Morgan fingerprint density at radius 1 is 0.426 bits per heavy atom. The topological polar surface area (TPSA) is 81.2 Å². The highest BCUT2D eigenvalue weighted by molar-refractivity contribution is 6.11. The molecule has 0 atom stereocenters. The molecule has 0 amide bonds. The monoisotopic (exact) mass is 703 g/mol. The molecule has 9 aromatic rings. The number of para-hydroxylation sites is 3. The van der Waals surface area contributed by atoms with Crippen LogP contribution >= 0.6 is 0 Å². The fourth-order valence-corrected chi connectivity index (χ4v) is 7.69. The van der Waals surface area contributed by atoms with E-state index in [4.69, 9.17) is 0 Å². The molecule has 9 rings (SSSR count). The largest absolute Gasteiger partial charge is 0.417 e. The number of rotatable bonds is 4. The van der Waals surface area contributed by atoms with Crippen molar-refractivity contribution in [2.24, 2.45) is 0 Å². The lowest BCUT2D eigenvalue weighted by molar-refractivity contribution is -0.137. The zero-order chi connectivity index (χ0) is 37.1. The number of aromatic nitrogens is 2. The van der Waals surface area contributed by atoms with Crippen LogP contribution in [0.15, 0.2) is 146 Å². The number of hydrogen-bond acceptors (Lipinski definition) is 3. The first kappa shape index (κ1) is 32.3. The smallest absolute Gasteiger partial charge is 0.309 e. The van der Waals surface area contributed by atoms with E-state index in [9.17, 15) is 29.0 Å². The summed E-state index contributed by atoms with van der Waals surface area (Å²) in [5.74, 6) is 0. The summed E-state index contributed by atoms with van der Waals surface area (Å²) in [6.45, 7) is 0. The van der Waals surface area contributed by atoms with Gasteiger partial charge in [0.1, 0.15) is 6.07 Å². The minimum absolute atomic E-state index is 0.115.